The fraction of sp³-hybridized carbons (Fsp3) is 0.364. The Balaban J connectivity index is 3.33. The van der Waals surface area contributed by atoms with Crippen molar-refractivity contribution in [2.45, 2.75) is 20.8 Å². The van der Waals surface area contributed by atoms with E-state index in [2.05, 4.69) is 4.98 Å². The Hall–Kier alpha value is -1.49. The molecule has 0 atom stereocenters. The lowest BCUT2D eigenvalue weighted by molar-refractivity contribution is -0.116. The van der Waals surface area contributed by atoms with Gasteiger partial charge in [-0.1, -0.05) is 12.2 Å². The number of pyridine rings is 1. The molecule has 0 aliphatic rings. The van der Waals surface area contributed by atoms with E-state index in [1.807, 2.05) is 19.9 Å². The first kappa shape index (κ1) is 12.6. The average Bonchev–Trinajstić information content (AvgIpc) is 2.17. The van der Waals surface area contributed by atoms with Crippen LogP contribution in [0.15, 0.2) is 12.3 Å². The van der Waals surface area contributed by atoms with Gasteiger partial charge in [0, 0.05) is 25.4 Å². The summed E-state index contributed by atoms with van der Waals surface area (Å²) in [5.74, 6) is -0.0365. The molecular formula is C11H15N3OS. The molecule has 1 heterocycles. The highest BCUT2D eigenvalue weighted by Gasteiger charge is 2.15. The average molecular weight is 237 g/mol. The summed E-state index contributed by atoms with van der Waals surface area (Å²) in [5, 5.41) is 0. The highest BCUT2D eigenvalue weighted by Crippen LogP contribution is 2.20. The molecule has 1 rings (SSSR count). The molecule has 0 aromatic carbocycles. The number of nitrogens with two attached hydrogens (primary N) is 1. The maximum absolute atomic E-state index is 11.5. The van der Waals surface area contributed by atoms with Crippen molar-refractivity contribution in [2.75, 3.05) is 11.4 Å². The highest BCUT2D eigenvalue weighted by atomic mass is 32.1. The second-order valence-electron chi connectivity index (χ2n) is 3.47. The first-order chi connectivity index (χ1) is 7.47. The Morgan fingerprint density at radius 2 is 2.25 bits per heavy atom. The summed E-state index contributed by atoms with van der Waals surface area (Å²) < 4.78 is 0. The maximum Gasteiger partial charge on any atom is 0.223 e. The van der Waals surface area contributed by atoms with Crippen LogP contribution in [0.25, 0.3) is 0 Å². The van der Waals surface area contributed by atoms with Crippen molar-refractivity contribution >= 4 is 28.8 Å². The number of aromatic nitrogens is 1. The van der Waals surface area contributed by atoms with Gasteiger partial charge in [0.2, 0.25) is 5.91 Å². The largest absolute Gasteiger partial charge is 0.389 e. The van der Waals surface area contributed by atoms with Gasteiger partial charge in [-0.2, -0.15) is 0 Å². The smallest absolute Gasteiger partial charge is 0.223 e. The number of carbonyl (C=O) groups is 1. The molecule has 16 heavy (non-hydrogen) atoms. The predicted octanol–water partition coefficient (Wildman–Crippen LogP) is 1.40. The summed E-state index contributed by atoms with van der Waals surface area (Å²) in [4.78, 5) is 17.5. The molecule has 0 unspecified atom stereocenters. The zero-order valence-electron chi connectivity index (χ0n) is 9.65. The molecule has 1 amide bonds. The molecule has 0 radical (unpaired) electrons. The second kappa shape index (κ2) is 5.03. The van der Waals surface area contributed by atoms with Gasteiger partial charge >= 0.3 is 0 Å². The molecule has 0 aliphatic carbocycles. The van der Waals surface area contributed by atoms with Crippen LogP contribution in [-0.4, -0.2) is 22.4 Å². The van der Waals surface area contributed by atoms with Crippen LogP contribution < -0.4 is 10.6 Å². The van der Waals surface area contributed by atoms with Crippen LogP contribution in [0.4, 0.5) is 5.69 Å². The summed E-state index contributed by atoms with van der Waals surface area (Å²) in [7, 11) is 0. The van der Waals surface area contributed by atoms with Gasteiger partial charge in [0.15, 0.2) is 0 Å². The molecule has 0 spiro atoms. The number of anilines is 1. The second-order valence-corrected chi connectivity index (χ2v) is 3.91. The Kier molecular flexibility index (Phi) is 3.95. The van der Waals surface area contributed by atoms with Gasteiger partial charge in [0.1, 0.15) is 4.99 Å². The lowest BCUT2D eigenvalue weighted by Gasteiger charge is -2.22. The van der Waals surface area contributed by atoms with Gasteiger partial charge in [-0.05, 0) is 19.9 Å². The zero-order chi connectivity index (χ0) is 12.3. The van der Waals surface area contributed by atoms with Gasteiger partial charge in [-0.25, -0.2) is 0 Å². The number of nitrogens with zero attached hydrogens (tertiary/aromatic N) is 2. The Labute approximate surface area is 100 Å². The maximum atomic E-state index is 11.5. The van der Waals surface area contributed by atoms with Crippen LogP contribution >= 0.6 is 12.2 Å². The topological polar surface area (TPSA) is 59.2 Å². The van der Waals surface area contributed by atoms with Gasteiger partial charge in [-0.3, -0.25) is 9.78 Å². The lowest BCUT2D eigenvalue weighted by atomic mass is 10.2. The Morgan fingerprint density at radius 3 is 2.69 bits per heavy atom. The fourth-order valence-corrected chi connectivity index (χ4v) is 1.68. The lowest BCUT2D eigenvalue weighted by Crippen LogP contribution is -2.30. The SMILES string of the molecule is CCN(C(C)=O)c1cc(C)ncc1C(N)=S. The number of hydrogen-bond donors (Lipinski definition) is 1. The quantitative estimate of drug-likeness (QED) is 0.807. The van der Waals surface area contributed by atoms with Crippen LogP contribution in [0.3, 0.4) is 0 Å². The summed E-state index contributed by atoms with van der Waals surface area (Å²) in [6.45, 7) is 5.86. The third-order valence-corrected chi connectivity index (χ3v) is 2.49. The molecule has 0 saturated carbocycles. The highest BCUT2D eigenvalue weighted by molar-refractivity contribution is 7.80. The van der Waals surface area contributed by atoms with Crippen LogP contribution in [0.2, 0.25) is 0 Å². The van der Waals surface area contributed by atoms with Gasteiger partial charge in [-0.15, -0.1) is 0 Å². The van der Waals surface area contributed by atoms with Crippen LogP contribution in [-0.2, 0) is 4.79 Å². The number of rotatable bonds is 3. The molecular weight excluding hydrogens is 222 g/mol. The molecule has 5 heteroatoms. The molecule has 0 aliphatic heterocycles. The molecule has 0 saturated heterocycles. The molecule has 0 bridgehead atoms. The summed E-state index contributed by atoms with van der Waals surface area (Å²) in [6, 6.07) is 1.82. The van der Waals surface area contributed by atoms with E-state index in [1.165, 1.54) is 6.92 Å². The molecule has 4 nitrogen and oxygen atoms in total. The van der Waals surface area contributed by atoms with Crippen molar-refractivity contribution < 1.29 is 4.79 Å². The van der Waals surface area contributed by atoms with Crippen LogP contribution in [0.1, 0.15) is 25.1 Å². The minimum atomic E-state index is -0.0365. The summed E-state index contributed by atoms with van der Waals surface area (Å²) >= 11 is 4.95. The molecule has 2 N–H and O–H groups in total. The zero-order valence-corrected chi connectivity index (χ0v) is 10.5. The van der Waals surface area contributed by atoms with E-state index >= 15 is 0 Å². The van der Waals surface area contributed by atoms with E-state index in [-0.39, 0.29) is 10.9 Å². The van der Waals surface area contributed by atoms with Gasteiger partial charge in [0.05, 0.1) is 11.3 Å². The minimum Gasteiger partial charge on any atom is -0.389 e. The number of amides is 1. The van der Waals surface area contributed by atoms with Gasteiger partial charge < -0.3 is 10.6 Å². The molecule has 0 fully saturated rings. The fourth-order valence-electron chi connectivity index (χ4n) is 1.52. The van der Waals surface area contributed by atoms with E-state index in [0.717, 1.165) is 11.4 Å². The first-order valence-corrected chi connectivity index (χ1v) is 5.42. The Morgan fingerprint density at radius 1 is 1.62 bits per heavy atom. The number of hydrogen-bond acceptors (Lipinski definition) is 3. The number of thiocarbonyl (C=S) groups is 1. The Bertz CT molecular complexity index is 431. The molecule has 86 valence electrons. The molecule has 1 aromatic rings. The first-order valence-electron chi connectivity index (χ1n) is 5.02. The minimum absolute atomic E-state index is 0.0365. The van der Waals surface area contributed by atoms with Crippen molar-refractivity contribution in [3.05, 3.63) is 23.5 Å². The summed E-state index contributed by atoms with van der Waals surface area (Å²) in [6.07, 6.45) is 1.61. The number of carbonyl (C=O) groups excluding carboxylic acids is 1. The van der Waals surface area contributed by atoms with Crippen molar-refractivity contribution in [2.24, 2.45) is 5.73 Å². The predicted molar refractivity (Wildman–Crippen MR) is 68.6 cm³/mol. The van der Waals surface area contributed by atoms with Crippen molar-refractivity contribution in [1.29, 1.82) is 0 Å². The molecule has 1 aromatic heterocycles. The van der Waals surface area contributed by atoms with E-state index in [9.17, 15) is 4.79 Å². The normalized spacial score (nSPS) is 9.94. The van der Waals surface area contributed by atoms with E-state index in [0.29, 0.717) is 12.1 Å². The van der Waals surface area contributed by atoms with Crippen molar-refractivity contribution in [3.8, 4) is 0 Å². The third kappa shape index (κ3) is 2.55. The van der Waals surface area contributed by atoms with Gasteiger partial charge in [0.25, 0.3) is 0 Å². The number of aryl methyl sites for hydroxylation is 1. The van der Waals surface area contributed by atoms with Crippen molar-refractivity contribution in [1.82, 2.24) is 4.98 Å². The van der Waals surface area contributed by atoms with Crippen molar-refractivity contribution in [3.63, 3.8) is 0 Å². The van der Waals surface area contributed by atoms with Crippen LogP contribution in [0.5, 0.6) is 0 Å². The third-order valence-electron chi connectivity index (χ3n) is 2.27. The van der Waals surface area contributed by atoms with E-state index in [4.69, 9.17) is 18.0 Å². The standard InChI is InChI=1S/C11H15N3OS/c1-4-14(8(3)15)10-5-7(2)13-6-9(10)11(12)16/h5-6H,4H2,1-3H3,(H2,12,16). The monoisotopic (exact) mass is 237 g/mol. The summed E-state index contributed by atoms with van der Waals surface area (Å²) in [5.41, 5.74) is 7.81. The van der Waals surface area contributed by atoms with E-state index < -0.39 is 0 Å². The van der Waals surface area contributed by atoms with Crippen LogP contribution in [0, 0.1) is 6.92 Å². The van der Waals surface area contributed by atoms with E-state index in [1.54, 1.807) is 11.1 Å².